The monoisotopic (exact) mass is 269 g/mol. The van der Waals surface area contributed by atoms with Gasteiger partial charge < -0.3 is 11.1 Å². The van der Waals surface area contributed by atoms with Crippen molar-refractivity contribution in [2.75, 3.05) is 0 Å². The normalized spacial score (nSPS) is 11.7. The summed E-state index contributed by atoms with van der Waals surface area (Å²) in [5.74, 6) is -0.277. The maximum absolute atomic E-state index is 11.9. The highest BCUT2D eigenvalue weighted by Gasteiger charge is 2.16. The minimum absolute atomic E-state index is 0.277. The van der Waals surface area contributed by atoms with E-state index >= 15 is 0 Å². The van der Waals surface area contributed by atoms with E-state index < -0.39 is 6.04 Å². The topological polar surface area (TPSA) is 96.7 Å². The second kappa shape index (κ2) is 5.99. The Morgan fingerprint density at radius 2 is 2.40 bits per heavy atom. The van der Waals surface area contributed by atoms with Crippen LogP contribution in [0.1, 0.15) is 22.7 Å². The molecule has 1 amide bonds. The first-order valence-electron chi connectivity index (χ1n) is 6.11. The summed E-state index contributed by atoms with van der Waals surface area (Å²) in [4.78, 5) is 11.9. The van der Waals surface area contributed by atoms with Gasteiger partial charge in [0.25, 0.3) is 0 Å². The zero-order valence-corrected chi connectivity index (χ0v) is 11.1. The van der Waals surface area contributed by atoms with E-state index in [1.165, 1.54) is 0 Å². The Hall–Kier alpha value is -2.65. The van der Waals surface area contributed by atoms with Crippen LogP contribution in [-0.2, 0) is 18.4 Å². The Morgan fingerprint density at radius 3 is 3.05 bits per heavy atom. The van der Waals surface area contributed by atoms with Crippen LogP contribution in [0.15, 0.2) is 36.7 Å². The lowest BCUT2D eigenvalue weighted by Crippen LogP contribution is -2.33. The molecule has 0 spiro atoms. The van der Waals surface area contributed by atoms with Crippen molar-refractivity contribution in [1.82, 2.24) is 15.1 Å². The summed E-state index contributed by atoms with van der Waals surface area (Å²) >= 11 is 0. The highest BCUT2D eigenvalue weighted by molar-refractivity contribution is 5.82. The fourth-order valence-electron chi connectivity index (χ4n) is 1.80. The van der Waals surface area contributed by atoms with Crippen LogP contribution in [0.2, 0.25) is 0 Å². The summed E-state index contributed by atoms with van der Waals surface area (Å²) in [6, 6.07) is 8.38. The summed E-state index contributed by atoms with van der Waals surface area (Å²) in [5.41, 5.74) is 7.94. The number of nitriles is 1. The molecular weight excluding hydrogens is 254 g/mol. The molecule has 0 aliphatic carbocycles. The van der Waals surface area contributed by atoms with Crippen molar-refractivity contribution in [1.29, 1.82) is 5.26 Å². The van der Waals surface area contributed by atoms with Gasteiger partial charge >= 0.3 is 0 Å². The number of aryl methyl sites for hydroxylation is 1. The molecule has 6 heteroatoms. The summed E-state index contributed by atoms with van der Waals surface area (Å²) in [5, 5.41) is 15.5. The number of nitrogens with zero attached hydrogens (tertiary/aromatic N) is 3. The van der Waals surface area contributed by atoms with E-state index in [0.29, 0.717) is 17.7 Å². The quantitative estimate of drug-likeness (QED) is 0.849. The van der Waals surface area contributed by atoms with Crippen LogP contribution < -0.4 is 11.1 Å². The molecule has 0 aliphatic rings. The van der Waals surface area contributed by atoms with Crippen molar-refractivity contribution in [2.45, 2.75) is 12.6 Å². The molecule has 1 unspecified atom stereocenters. The number of benzene rings is 1. The Morgan fingerprint density at radius 1 is 1.60 bits per heavy atom. The van der Waals surface area contributed by atoms with Crippen LogP contribution in [-0.4, -0.2) is 15.7 Å². The third kappa shape index (κ3) is 3.22. The Labute approximate surface area is 116 Å². The van der Waals surface area contributed by atoms with Gasteiger partial charge in [0.1, 0.15) is 6.04 Å². The number of hydrogen-bond donors (Lipinski definition) is 2. The molecular formula is C14H15N5O. The lowest BCUT2D eigenvalue weighted by atomic mass is 10.1. The van der Waals surface area contributed by atoms with Crippen molar-refractivity contribution in [3.63, 3.8) is 0 Å². The van der Waals surface area contributed by atoms with Crippen LogP contribution in [0.3, 0.4) is 0 Å². The molecule has 0 aliphatic heterocycles. The maximum Gasteiger partial charge on any atom is 0.241 e. The van der Waals surface area contributed by atoms with Gasteiger partial charge in [-0.25, -0.2) is 0 Å². The van der Waals surface area contributed by atoms with E-state index in [9.17, 15) is 4.79 Å². The molecule has 3 N–H and O–H groups in total. The summed E-state index contributed by atoms with van der Waals surface area (Å²) in [6.07, 6.45) is 3.28. The van der Waals surface area contributed by atoms with Gasteiger partial charge in [0, 0.05) is 25.4 Å². The van der Waals surface area contributed by atoms with Gasteiger partial charge in [0.2, 0.25) is 5.91 Å². The number of amides is 1. The number of nitrogens with one attached hydrogen (secondary N) is 1. The molecule has 102 valence electrons. The summed E-state index contributed by atoms with van der Waals surface area (Å²) in [6.45, 7) is 0.336. The van der Waals surface area contributed by atoms with E-state index in [2.05, 4.69) is 16.5 Å². The molecule has 0 saturated carbocycles. The van der Waals surface area contributed by atoms with Crippen molar-refractivity contribution >= 4 is 5.91 Å². The van der Waals surface area contributed by atoms with E-state index in [1.54, 1.807) is 42.3 Å². The third-order valence-electron chi connectivity index (χ3n) is 2.89. The summed E-state index contributed by atoms with van der Waals surface area (Å²) < 4.78 is 1.60. The van der Waals surface area contributed by atoms with Crippen LogP contribution in [0, 0.1) is 11.3 Å². The van der Waals surface area contributed by atoms with E-state index in [4.69, 9.17) is 11.0 Å². The minimum atomic E-state index is -0.747. The lowest BCUT2D eigenvalue weighted by Gasteiger charge is -2.10. The highest BCUT2D eigenvalue weighted by Crippen LogP contribution is 2.09. The number of nitrogens with two attached hydrogens (primary N) is 1. The number of carbonyl (C=O) groups is 1. The second-order valence-electron chi connectivity index (χ2n) is 4.45. The molecule has 1 heterocycles. The van der Waals surface area contributed by atoms with Crippen LogP contribution >= 0.6 is 0 Å². The molecule has 6 nitrogen and oxygen atoms in total. The van der Waals surface area contributed by atoms with Gasteiger partial charge in [0.15, 0.2) is 0 Å². The molecule has 0 saturated heterocycles. The zero-order chi connectivity index (χ0) is 14.5. The highest BCUT2D eigenvalue weighted by atomic mass is 16.2. The SMILES string of the molecule is Cn1cc(C(N)C(=O)NCc2cccc(C#N)c2)cn1. The Bertz CT molecular complexity index is 656. The average molecular weight is 269 g/mol. The fraction of sp³-hybridized carbons (Fsp3) is 0.214. The van der Waals surface area contributed by atoms with Gasteiger partial charge in [-0.15, -0.1) is 0 Å². The van der Waals surface area contributed by atoms with E-state index in [0.717, 1.165) is 5.56 Å². The van der Waals surface area contributed by atoms with Crippen LogP contribution in [0.4, 0.5) is 0 Å². The van der Waals surface area contributed by atoms with E-state index in [-0.39, 0.29) is 5.91 Å². The fourth-order valence-corrected chi connectivity index (χ4v) is 1.80. The number of carbonyl (C=O) groups excluding carboxylic acids is 1. The van der Waals surface area contributed by atoms with Gasteiger partial charge in [-0.3, -0.25) is 9.48 Å². The van der Waals surface area contributed by atoms with Gasteiger partial charge in [-0.05, 0) is 17.7 Å². The van der Waals surface area contributed by atoms with Crippen molar-refractivity contribution in [2.24, 2.45) is 12.8 Å². The van der Waals surface area contributed by atoms with Crippen LogP contribution in [0.25, 0.3) is 0 Å². The Balaban J connectivity index is 1.96. The van der Waals surface area contributed by atoms with Crippen LogP contribution in [0.5, 0.6) is 0 Å². The molecule has 1 aromatic carbocycles. The molecule has 2 aromatic rings. The maximum atomic E-state index is 11.9. The smallest absolute Gasteiger partial charge is 0.241 e. The Kier molecular flexibility index (Phi) is 4.13. The standard InChI is InChI=1S/C14H15N5O/c1-19-9-12(8-18-19)13(16)14(20)17-7-11-4-2-3-10(5-11)6-15/h2-5,8-9,13H,7,16H2,1H3,(H,17,20). The second-order valence-corrected chi connectivity index (χ2v) is 4.45. The molecule has 20 heavy (non-hydrogen) atoms. The predicted octanol–water partition coefficient (Wildman–Crippen LogP) is 0.608. The first-order chi connectivity index (χ1) is 9.60. The van der Waals surface area contributed by atoms with Crippen molar-refractivity contribution in [3.8, 4) is 6.07 Å². The predicted molar refractivity (Wildman–Crippen MR) is 73.1 cm³/mol. The average Bonchev–Trinajstić information content (AvgIpc) is 2.90. The van der Waals surface area contributed by atoms with Gasteiger partial charge in [-0.1, -0.05) is 12.1 Å². The zero-order valence-electron chi connectivity index (χ0n) is 11.1. The molecule has 0 bridgehead atoms. The van der Waals surface area contributed by atoms with Crippen molar-refractivity contribution < 1.29 is 4.79 Å². The first kappa shape index (κ1) is 13.8. The number of rotatable bonds is 4. The molecule has 2 rings (SSSR count). The molecule has 1 atom stereocenters. The van der Waals surface area contributed by atoms with Gasteiger partial charge in [0.05, 0.1) is 17.8 Å². The number of hydrogen-bond acceptors (Lipinski definition) is 4. The van der Waals surface area contributed by atoms with Crippen molar-refractivity contribution in [3.05, 3.63) is 53.3 Å². The van der Waals surface area contributed by atoms with E-state index in [1.807, 2.05) is 6.07 Å². The molecule has 1 aromatic heterocycles. The lowest BCUT2D eigenvalue weighted by molar-refractivity contribution is -0.122. The largest absolute Gasteiger partial charge is 0.350 e. The minimum Gasteiger partial charge on any atom is -0.350 e. The molecule has 0 radical (unpaired) electrons. The van der Waals surface area contributed by atoms with Gasteiger partial charge in [-0.2, -0.15) is 10.4 Å². The first-order valence-corrected chi connectivity index (χ1v) is 6.11. The number of aromatic nitrogens is 2. The molecule has 0 fully saturated rings. The summed E-state index contributed by atoms with van der Waals surface area (Å²) in [7, 11) is 1.77. The third-order valence-corrected chi connectivity index (χ3v) is 2.89.